The van der Waals surface area contributed by atoms with Crippen molar-refractivity contribution in [1.29, 1.82) is 0 Å². The lowest BCUT2D eigenvalue weighted by Gasteiger charge is -2.32. The molecule has 2 heterocycles. The molecule has 3 rings (SSSR count). The lowest BCUT2D eigenvalue weighted by molar-refractivity contribution is 0.268. The first-order chi connectivity index (χ1) is 10.1. The van der Waals surface area contributed by atoms with Crippen LogP contribution in [0.5, 0.6) is 0 Å². The van der Waals surface area contributed by atoms with Gasteiger partial charge in [-0.05, 0) is 44.0 Å². The molecule has 0 bridgehead atoms. The maximum Gasteiger partial charge on any atom is 0.192 e. The molecule has 2 atom stereocenters. The van der Waals surface area contributed by atoms with E-state index in [1.54, 1.807) is 0 Å². The van der Waals surface area contributed by atoms with Crippen LogP contribution in [-0.2, 0) is 0 Å². The van der Waals surface area contributed by atoms with Gasteiger partial charge in [0.05, 0.1) is 18.1 Å². The molecule has 21 heavy (non-hydrogen) atoms. The summed E-state index contributed by atoms with van der Waals surface area (Å²) >= 11 is 0. The fraction of sp³-hybridized carbons (Fsp3) is 0.412. The van der Waals surface area contributed by atoms with Gasteiger partial charge in [0.25, 0.3) is 0 Å². The zero-order valence-electron chi connectivity index (χ0n) is 12.9. The molecule has 2 aromatic rings. The van der Waals surface area contributed by atoms with Crippen molar-refractivity contribution in [3.63, 3.8) is 0 Å². The van der Waals surface area contributed by atoms with Gasteiger partial charge in [-0.15, -0.1) is 0 Å². The summed E-state index contributed by atoms with van der Waals surface area (Å²) in [4.78, 5) is 11.2. The number of hydrogen-bond donors (Lipinski definition) is 1. The first-order valence-electron chi connectivity index (χ1n) is 7.55. The number of pyridine rings is 1. The quantitative estimate of drug-likeness (QED) is 0.941. The number of hydrogen-bond acceptors (Lipinski definition) is 4. The molecule has 0 spiro atoms. The molecule has 1 aromatic heterocycles. The zero-order valence-corrected chi connectivity index (χ0v) is 12.9. The lowest BCUT2D eigenvalue weighted by atomic mass is 10.0. The summed E-state index contributed by atoms with van der Waals surface area (Å²) in [6.07, 6.45) is 1.06. The van der Waals surface area contributed by atoms with E-state index in [-0.39, 0.29) is 6.04 Å². The second kappa shape index (κ2) is 5.35. The van der Waals surface area contributed by atoms with Gasteiger partial charge in [0, 0.05) is 17.1 Å². The first-order valence-corrected chi connectivity index (χ1v) is 7.55. The number of aryl methyl sites for hydroxylation is 1. The van der Waals surface area contributed by atoms with E-state index in [0.29, 0.717) is 12.0 Å². The smallest absolute Gasteiger partial charge is 0.192 e. The summed E-state index contributed by atoms with van der Waals surface area (Å²) in [5, 5.41) is 1.17. The van der Waals surface area contributed by atoms with E-state index >= 15 is 0 Å². The SMILES string of the molecule is CCC(C)N1C(N)=NCC1c1ccc2nc(C)ccc2c1. The van der Waals surface area contributed by atoms with Crippen molar-refractivity contribution in [2.24, 2.45) is 10.7 Å². The third-order valence-corrected chi connectivity index (χ3v) is 4.33. The summed E-state index contributed by atoms with van der Waals surface area (Å²) in [5.74, 6) is 0.663. The Morgan fingerprint density at radius 3 is 2.90 bits per heavy atom. The van der Waals surface area contributed by atoms with E-state index in [1.807, 2.05) is 6.92 Å². The van der Waals surface area contributed by atoms with E-state index < -0.39 is 0 Å². The van der Waals surface area contributed by atoms with E-state index in [1.165, 1.54) is 10.9 Å². The molecule has 110 valence electrons. The van der Waals surface area contributed by atoms with Gasteiger partial charge < -0.3 is 10.6 Å². The van der Waals surface area contributed by atoms with Crippen LogP contribution in [0.3, 0.4) is 0 Å². The molecule has 0 fully saturated rings. The van der Waals surface area contributed by atoms with Crippen LogP contribution in [0, 0.1) is 6.92 Å². The number of guanidine groups is 1. The van der Waals surface area contributed by atoms with Gasteiger partial charge in [0.1, 0.15) is 0 Å². The van der Waals surface area contributed by atoms with Crippen molar-refractivity contribution < 1.29 is 0 Å². The fourth-order valence-corrected chi connectivity index (χ4v) is 2.96. The molecular formula is C17H22N4. The summed E-state index contributed by atoms with van der Waals surface area (Å²) in [5.41, 5.74) is 9.43. The summed E-state index contributed by atoms with van der Waals surface area (Å²) < 4.78 is 0. The standard InChI is InChI=1S/C17H22N4/c1-4-12(3)21-16(10-19-17(21)18)14-7-8-15-13(9-14)6-5-11(2)20-15/h5-9,12,16H,4,10H2,1-3H3,(H2,18,19). The summed E-state index contributed by atoms with van der Waals surface area (Å²) in [7, 11) is 0. The second-order valence-corrected chi connectivity index (χ2v) is 5.78. The van der Waals surface area contributed by atoms with Crippen LogP contribution in [0.2, 0.25) is 0 Å². The molecule has 0 aliphatic carbocycles. The molecule has 0 saturated carbocycles. The number of benzene rings is 1. The maximum absolute atomic E-state index is 6.08. The first kappa shape index (κ1) is 13.9. The molecule has 0 saturated heterocycles. The van der Waals surface area contributed by atoms with Gasteiger partial charge in [0.15, 0.2) is 5.96 Å². The highest BCUT2D eigenvalue weighted by Crippen LogP contribution is 2.30. The monoisotopic (exact) mass is 282 g/mol. The molecule has 1 aliphatic rings. The van der Waals surface area contributed by atoms with Crippen molar-refractivity contribution in [2.75, 3.05) is 6.54 Å². The highest BCUT2D eigenvalue weighted by Gasteiger charge is 2.30. The molecule has 0 amide bonds. The Labute approximate surface area is 125 Å². The van der Waals surface area contributed by atoms with Crippen molar-refractivity contribution in [3.8, 4) is 0 Å². The Hall–Kier alpha value is -2.10. The second-order valence-electron chi connectivity index (χ2n) is 5.78. The Morgan fingerprint density at radius 1 is 1.33 bits per heavy atom. The van der Waals surface area contributed by atoms with Gasteiger partial charge in [-0.25, -0.2) is 0 Å². The van der Waals surface area contributed by atoms with E-state index in [0.717, 1.165) is 24.2 Å². The average Bonchev–Trinajstić information content (AvgIpc) is 2.87. The molecule has 0 radical (unpaired) electrons. The molecule has 4 heteroatoms. The van der Waals surface area contributed by atoms with Gasteiger partial charge in [0.2, 0.25) is 0 Å². The van der Waals surface area contributed by atoms with Crippen LogP contribution in [0.1, 0.15) is 37.6 Å². The normalized spacial score (nSPS) is 19.9. The Kier molecular flexibility index (Phi) is 3.53. The molecule has 1 aromatic carbocycles. The number of rotatable bonds is 3. The predicted octanol–water partition coefficient (Wildman–Crippen LogP) is 3.01. The van der Waals surface area contributed by atoms with Crippen molar-refractivity contribution in [3.05, 3.63) is 41.6 Å². The Balaban J connectivity index is 1.98. The lowest BCUT2D eigenvalue weighted by Crippen LogP contribution is -2.42. The molecule has 4 nitrogen and oxygen atoms in total. The van der Waals surface area contributed by atoms with Crippen molar-refractivity contribution in [1.82, 2.24) is 9.88 Å². The predicted molar refractivity (Wildman–Crippen MR) is 87.3 cm³/mol. The Morgan fingerprint density at radius 2 is 2.14 bits per heavy atom. The van der Waals surface area contributed by atoms with Gasteiger partial charge in [-0.1, -0.05) is 19.1 Å². The molecule has 2 unspecified atom stereocenters. The number of nitrogens with zero attached hydrogens (tertiary/aromatic N) is 3. The van der Waals surface area contributed by atoms with Crippen molar-refractivity contribution >= 4 is 16.9 Å². The minimum atomic E-state index is 0.241. The highest BCUT2D eigenvalue weighted by molar-refractivity contribution is 5.82. The topological polar surface area (TPSA) is 54.5 Å². The molecule has 2 N–H and O–H groups in total. The van der Waals surface area contributed by atoms with Crippen LogP contribution < -0.4 is 5.73 Å². The number of fused-ring (bicyclic) bond motifs is 1. The van der Waals surface area contributed by atoms with Gasteiger partial charge in [-0.3, -0.25) is 9.98 Å². The fourth-order valence-electron chi connectivity index (χ4n) is 2.96. The van der Waals surface area contributed by atoms with Crippen LogP contribution >= 0.6 is 0 Å². The number of aliphatic imine (C=N–C) groups is 1. The van der Waals surface area contributed by atoms with Gasteiger partial charge in [-0.2, -0.15) is 0 Å². The van der Waals surface area contributed by atoms with E-state index in [2.05, 4.69) is 59.1 Å². The van der Waals surface area contributed by atoms with E-state index in [4.69, 9.17) is 5.73 Å². The largest absolute Gasteiger partial charge is 0.370 e. The summed E-state index contributed by atoms with van der Waals surface area (Å²) in [6.45, 7) is 7.14. The highest BCUT2D eigenvalue weighted by atomic mass is 15.3. The maximum atomic E-state index is 6.08. The molecular weight excluding hydrogens is 260 g/mol. The average molecular weight is 282 g/mol. The zero-order chi connectivity index (χ0) is 15.0. The Bertz CT molecular complexity index is 692. The summed E-state index contributed by atoms with van der Waals surface area (Å²) in [6, 6.07) is 11.3. The number of aromatic nitrogens is 1. The molecule has 1 aliphatic heterocycles. The third kappa shape index (κ3) is 2.46. The van der Waals surface area contributed by atoms with Crippen LogP contribution in [-0.4, -0.2) is 28.4 Å². The minimum absolute atomic E-state index is 0.241. The number of nitrogens with two attached hydrogens (primary N) is 1. The van der Waals surface area contributed by atoms with Crippen LogP contribution in [0.15, 0.2) is 35.3 Å². The van der Waals surface area contributed by atoms with Crippen LogP contribution in [0.4, 0.5) is 0 Å². The van der Waals surface area contributed by atoms with Crippen molar-refractivity contribution in [2.45, 2.75) is 39.3 Å². The van der Waals surface area contributed by atoms with Gasteiger partial charge >= 0.3 is 0 Å². The minimum Gasteiger partial charge on any atom is -0.370 e. The van der Waals surface area contributed by atoms with Crippen LogP contribution in [0.25, 0.3) is 10.9 Å². The van der Waals surface area contributed by atoms with E-state index in [9.17, 15) is 0 Å². The third-order valence-electron chi connectivity index (χ3n) is 4.33.